The number of rotatable bonds is 8. The van der Waals surface area contributed by atoms with E-state index in [2.05, 4.69) is 15.0 Å². The third kappa shape index (κ3) is 5.34. The summed E-state index contributed by atoms with van der Waals surface area (Å²) in [6.45, 7) is 5.72. The summed E-state index contributed by atoms with van der Waals surface area (Å²) in [5.41, 5.74) is 3.88. The van der Waals surface area contributed by atoms with E-state index in [-0.39, 0.29) is 29.8 Å². The van der Waals surface area contributed by atoms with Gasteiger partial charge >= 0.3 is 0 Å². The lowest BCUT2D eigenvalue weighted by molar-refractivity contribution is -0.121. The van der Waals surface area contributed by atoms with Crippen LogP contribution in [0.1, 0.15) is 36.1 Å². The van der Waals surface area contributed by atoms with Gasteiger partial charge < -0.3 is 9.88 Å². The first kappa shape index (κ1) is 21.7. The minimum absolute atomic E-state index is 0.0351. The molecule has 1 unspecified atom stereocenters. The molecule has 0 radical (unpaired) electrons. The average Bonchev–Trinajstić information content (AvgIpc) is 3.24. The highest BCUT2D eigenvalue weighted by Crippen LogP contribution is 2.16. The molecule has 0 saturated carbocycles. The van der Waals surface area contributed by atoms with Gasteiger partial charge in [-0.15, -0.1) is 0 Å². The first-order chi connectivity index (χ1) is 14.3. The Morgan fingerprint density at radius 3 is 2.47 bits per heavy atom. The van der Waals surface area contributed by atoms with Crippen LogP contribution in [0.4, 0.5) is 0 Å². The summed E-state index contributed by atoms with van der Waals surface area (Å²) in [5, 5.41) is 2.90. The van der Waals surface area contributed by atoms with Gasteiger partial charge in [0.1, 0.15) is 0 Å². The number of benzene rings is 2. The van der Waals surface area contributed by atoms with Crippen molar-refractivity contribution in [1.29, 1.82) is 0 Å². The number of nitrogens with zero attached hydrogens (tertiary/aromatic N) is 2. The van der Waals surface area contributed by atoms with E-state index in [0.29, 0.717) is 0 Å². The summed E-state index contributed by atoms with van der Waals surface area (Å²) in [6, 6.07) is 12.6. The number of aromatic nitrogens is 2. The molecule has 1 amide bonds. The summed E-state index contributed by atoms with van der Waals surface area (Å²) in [5.74, 6) is -0.219. The molecular weight excluding hydrogens is 400 g/mol. The average molecular weight is 427 g/mol. The van der Waals surface area contributed by atoms with Crippen LogP contribution in [-0.4, -0.2) is 30.4 Å². The van der Waals surface area contributed by atoms with E-state index >= 15 is 0 Å². The second-order valence-corrected chi connectivity index (χ2v) is 9.01. The van der Waals surface area contributed by atoms with Crippen molar-refractivity contribution in [3.8, 4) is 5.69 Å². The number of hydrogen-bond donors (Lipinski definition) is 2. The number of aryl methyl sites for hydroxylation is 2. The van der Waals surface area contributed by atoms with Crippen molar-refractivity contribution in [2.24, 2.45) is 0 Å². The van der Waals surface area contributed by atoms with Crippen molar-refractivity contribution in [3.63, 3.8) is 0 Å². The van der Waals surface area contributed by atoms with Crippen molar-refractivity contribution >= 4 is 15.9 Å². The first-order valence-electron chi connectivity index (χ1n) is 9.71. The maximum atomic E-state index is 12.4. The van der Waals surface area contributed by atoms with Gasteiger partial charge in [-0.2, -0.15) is 0 Å². The van der Waals surface area contributed by atoms with Crippen molar-refractivity contribution in [3.05, 3.63) is 77.9 Å². The van der Waals surface area contributed by atoms with Crippen LogP contribution in [0.3, 0.4) is 0 Å². The van der Waals surface area contributed by atoms with Gasteiger partial charge in [0.15, 0.2) is 0 Å². The molecule has 158 valence electrons. The Hall–Kier alpha value is -2.97. The number of carbonyl (C=O) groups excluding carboxylic acids is 1. The molecule has 0 saturated heterocycles. The van der Waals surface area contributed by atoms with Crippen molar-refractivity contribution < 1.29 is 13.2 Å². The highest BCUT2D eigenvalue weighted by atomic mass is 32.2. The molecule has 30 heavy (non-hydrogen) atoms. The van der Waals surface area contributed by atoms with Crippen LogP contribution in [0.15, 0.2) is 66.1 Å². The van der Waals surface area contributed by atoms with Crippen LogP contribution < -0.4 is 10.0 Å². The Labute approximate surface area is 177 Å². The maximum Gasteiger partial charge on any atom is 0.240 e. The standard InChI is InChI=1S/C22H26N4O3S/c1-16-4-9-21(14-17(16)2)30(28,29)24-11-10-22(27)25-18(3)19-5-7-20(8-6-19)26-13-12-23-15-26/h4-9,12-15,18,24H,10-11H2,1-3H3,(H,25,27). The third-order valence-electron chi connectivity index (χ3n) is 5.01. The van der Waals surface area contributed by atoms with Crippen molar-refractivity contribution in [1.82, 2.24) is 19.6 Å². The fraction of sp³-hybridized carbons (Fsp3) is 0.273. The Morgan fingerprint density at radius 2 is 1.83 bits per heavy atom. The molecule has 1 heterocycles. The number of carbonyl (C=O) groups is 1. The smallest absolute Gasteiger partial charge is 0.240 e. The molecule has 2 aromatic carbocycles. The lowest BCUT2D eigenvalue weighted by atomic mass is 10.1. The molecule has 1 atom stereocenters. The van der Waals surface area contributed by atoms with Crippen LogP contribution in [-0.2, 0) is 14.8 Å². The molecule has 0 bridgehead atoms. The second-order valence-electron chi connectivity index (χ2n) is 7.24. The molecule has 0 aliphatic heterocycles. The molecule has 0 fully saturated rings. The molecule has 8 heteroatoms. The zero-order valence-electron chi connectivity index (χ0n) is 17.3. The quantitative estimate of drug-likeness (QED) is 0.579. The molecule has 3 aromatic rings. The van der Waals surface area contributed by atoms with Crippen LogP contribution in [0, 0.1) is 13.8 Å². The Morgan fingerprint density at radius 1 is 1.10 bits per heavy atom. The van der Waals surface area contributed by atoms with E-state index in [1.807, 2.05) is 55.8 Å². The fourth-order valence-corrected chi connectivity index (χ4v) is 4.12. The van der Waals surface area contributed by atoms with Crippen LogP contribution >= 0.6 is 0 Å². The fourth-order valence-electron chi connectivity index (χ4n) is 3.01. The van der Waals surface area contributed by atoms with Gasteiger partial charge in [-0.3, -0.25) is 4.79 Å². The summed E-state index contributed by atoms with van der Waals surface area (Å²) in [6.07, 6.45) is 5.35. The third-order valence-corrected chi connectivity index (χ3v) is 6.46. The van der Waals surface area contributed by atoms with Gasteiger partial charge in [-0.25, -0.2) is 18.1 Å². The minimum Gasteiger partial charge on any atom is -0.350 e. The SMILES string of the molecule is Cc1ccc(S(=O)(=O)NCCC(=O)NC(C)c2ccc(-n3ccnc3)cc2)cc1C. The minimum atomic E-state index is -3.64. The molecular formula is C22H26N4O3S. The van der Waals surface area contributed by atoms with Crippen molar-refractivity contribution in [2.45, 2.75) is 38.1 Å². The van der Waals surface area contributed by atoms with Crippen LogP contribution in [0.25, 0.3) is 5.69 Å². The zero-order valence-corrected chi connectivity index (χ0v) is 18.1. The monoisotopic (exact) mass is 426 g/mol. The van der Waals surface area contributed by atoms with E-state index in [1.165, 1.54) is 0 Å². The largest absolute Gasteiger partial charge is 0.350 e. The van der Waals surface area contributed by atoms with Crippen molar-refractivity contribution in [2.75, 3.05) is 6.54 Å². The van der Waals surface area contributed by atoms with Gasteiger partial charge in [-0.05, 0) is 61.7 Å². The van der Waals surface area contributed by atoms with Gasteiger partial charge in [-0.1, -0.05) is 18.2 Å². The summed E-state index contributed by atoms with van der Waals surface area (Å²) in [7, 11) is -3.64. The predicted octanol–water partition coefficient (Wildman–Crippen LogP) is 3.03. The van der Waals surface area contributed by atoms with E-state index in [9.17, 15) is 13.2 Å². The lowest BCUT2D eigenvalue weighted by Gasteiger charge is -2.15. The zero-order chi connectivity index (χ0) is 21.7. The summed E-state index contributed by atoms with van der Waals surface area (Å²) < 4.78 is 29.2. The summed E-state index contributed by atoms with van der Waals surface area (Å²) >= 11 is 0. The number of nitrogens with one attached hydrogen (secondary N) is 2. The van der Waals surface area contributed by atoms with E-state index < -0.39 is 10.0 Å². The van der Waals surface area contributed by atoms with E-state index in [4.69, 9.17) is 0 Å². The summed E-state index contributed by atoms with van der Waals surface area (Å²) in [4.78, 5) is 16.5. The van der Waals surface area contributed by atoms with Crippen LogP contribution in [0.2, 0.25) is 0 Å². The van der Waals surface area contributed by atoms with Gasteiger partial charge in [0.2, 0.25) is 15.9 Å². The topological polar surface area (TPSA) is 93.1 Å². The second kappa shape index (κ2) is 9.23. The maximum absolute atomic E-state index is 12.4. The molecule has 3 rings (SSSR count). The normalized spacial score (nSPS) is 12.5. The Kier molecular flexibility index (Phi) is 6.69. The van der Waals surface area contributed by atoms with Gasteiger partial charge in [0.05, 0.1) is 17.3 Å². The van der Waals surface area contributed by atoms with E-state index in [0.717, 1.165) is 22.4 Å². The number of sulfonamides is 1. The molecule has 7 nitrogen and oxygen atoms in total. The molecule has 0 aliphatic rings. The number of hydrogen-bond acceptors (Lipinski definition) is 4. The number of amides is 1. The molecule has 1 aromatic heterocycles. The van der Waals surface area contributed by atoms with E-state index in [1.54, 1.807) is 30.7 Å². The molecule has 0 spiro atoms. The lowest BCUT2D eigenvalue weighted by Crippen LogP contribution is -2.32. The molecule has 0 aliphatic carbocycles. The van der Waals surface area contributed by atoms with Gasteiger partial charge in [0.25, 0.3) is 0 Å². The highest BCUT2D eigenvalue weighted by Gasteiger charge is 2.16. The highest BCUT2D eigenvalue weighted by molar-refractivity contribution is 7.89. The van der Waals surface area contributed by atoms with Crippen LogP contribution in [0.5, 0.6) is 0 Å². The first-order valence-corrected chi connectivity index (χ1v) is 11.2. The molecule has 2 N–H and O–H groups in total. The van der Waals surface area contributed by atoms with Gasteiger partial charge in [0, 0.05) is 31.0 Å². The Balaban J connectivity index is 1.51. The number of imidazole rings is 1. The predicted molar refractivity (Wildman–Crippen MR) is 116 cm³/mol. The Bertz CT molecular complexity index is 1110.